The second-order valence-electron chi connectivity index (χ2n) is 9.50. The van der Waals surface area contributed by atoms with Gasteiger partial charge in [-0.2, -0.15) is 9.97 Å². The third-order valence-electron chi connectivity index (χ3n) is 5.29. The summed E-state index contributed by atoms with van der Waals surface area (Å²) in [5.74, 6) is 1.71. The number of hydrogen-bond donors (Lipinski definition) is 3. The fraction of sp³-hybridized carbons (Fsp3) is 0.522. The lowest BCUT2D eigenvalue weighted by Gasteiger charge is -2.28. The molecule has 1 fully saturated rings. The molecular formula is C23H34N6O. The number of hydrogen-bond acceptors (Lipinski definition) is 6. The third kappa shape index (κ3) is 5.84. The van der Waals surface area contributed by atoms with Crippen LogP contribution in [-0.4, -0.2) is 35.5 Å². The number of nitrogens with two attached hydrogens (primary N) is 1. The summed E-state index contributed by atoms with van der Waals surface area (Å²) in [4.78, 5) is 23.2. The molecule has 1 aromatic heterocycles. The molecule has 30 heavy (non-hydrogen) atoms. The smallest absolute Gasteiger partial charge is 0.248 e. The van der Waals surface area contributed by atoms with E-state index in [9.17, 15) is 4.79 Å². The number of rotatable bonds is 7. The van der Waals surface area contributed by atoms with Crippen LogP contribution in [0.25, 0.3) is 0 Å². The van der Waals surface area contributed by atoms with Crippen LogP contribution in [0.1, 0.15) is 62.4 Å². The predicted molar refractivity (Wildman–Crippen MR) is 124 cm³/mol. The van der Waals surface area contributed by atoms with E-state index in [-0.39, 0.29) is 5.41 Å². The topological polar surface area (TPSA) is 96.2 Å². The number of amides is 1. The Hall–Kier alpha value is -2.83. The first-order chi connectivity index (χ1) is 14.1. The van der Waals surface area contributed by atoms with Gasteiger partial charge in [-0.3, -0.25) is 4.79 Å². The Kier molecular flexibility index (Phi) is 6.48. The van der Waals surface area contributed by atoms with E-state index in [4.69, 9.17) is 15.7 Å². The molecule has 3 rings (SSSR count). The number of aryl methyl sites for hydroxylation is 1. The van der Waals surface area contributed by atoms with E-state index in [1.54, 1.807) is 12.1 Å². The summed E-state index contributed by atoms with van der Waals surface area (Å²) in [6, 6.07) is 7.81. The molecule has 1 heterocycles. The molecule has 4 N–H and O–H groups in total. The van der Waals surface area contributed by atoms with Gasteiger partial charge in [0.25, 0.3) is 0 Å². The van der Waals surface area contributed by atoms with E-state index in [2.05, 4.69) is 43.4 Å². The number of carbonyl (C=O) groups is 1. The Balaban J connectivity index is 1.92. The Morgan fingerprint density at radius 2 is 1.90 bits per heavy atom. The summed E-state index contributed by atoms with van der Waals surface area (Å²) < 4.78 is 0. The molecule has 0 unspecified atom stereocenters. The highest BCUT2D eigenvalue weighted by atomic mass is 16.1. The number of nitrogens with one attached hydrogen (secondary N) is 2. The molecule has 1 aromatic carbocycles. The molecule has 1 aliphatic rings. The fourth-order valence-electron chi connectivity index (χ4n) is 3.86. The first kappa shape index (κ1) is 21.9. The van der Waals surface area contributed by atoms with Gasteiger partial charge in [-0.15, -0.1) is 0 Å². The molecule has 0 aliphatic heterocycles. The second-order valence-corrected chi connectivity index (χ2v) is 9.50. The molecule has 1 saturated carbocycles. The summed E-state index contributed by atoms with van der Waals surface area (Å²) in [5.41, 5.74) is 7.80. The van der Waals surface area contributed by atoms with Crippen LogP contribution in [0.15, 0.2) is 24.3 Å². The Labute approximate surface area is 179 Å². The van der Waals surface area contributed by atoms with E-state index < -0.39 is 5.91 Å². The lowest BCUT2D eigenvalue weighted by atomic mass is 9.96. The van der Waals surface area contributed by atoms with Crippen LogP contribution in [-0.2, 0) is 0 Å². The van der Waals surface area contributed by atoms with Crippen molar-refractivity contribution in [2.75, 3.05) is 29.1 Å². The van der Waals surface area contributed by atoms with Crippen LogP contribution in [0, 0.1) is 12.3 Å². The lowest BCUT2D eigenvalue weighted by Crippen LogP contribution is -2.30. The molecule has 0 bridgehead atoms. The van der Waals surface area contributed by atoms with Gasteiger partial charge < -0.3 is 21.3 Å². The molecule has 7 heteroatoms. The highest BCUT2D eigenvalue weighted by Crippen LogP contribution is 2.27. The number of nitrogens with zero attached hydrogens (tertiary/aromatic N) is 3. The molecular weight excluding hydrogens is 376 g/mol. The van der Waals surface area contributed by atoms with E-state index in [1.807, 2.05) is 19.1 Å². The highest BCUT2D eigenvalue weighted by Gasteiger charge is 2.19. The molecule has 162 valence electrons. The lowest BCUT2D eigenvalue weighted by molar-refractivity contribution is 0.100. The molecule has 0 atom stereocenters. The molecule has 0 saturated heterocycles. The van der Waals surface area contributed by atoms with Crippen molar-refractivity contribution in [2.45, 2.75) is 59.4 Å². The van der Waals surface area contributed by atoms with E-state index in [1.165, 1.54) is 25.7 Å². The molecule has 1 aliphatic carbocycles. The van der Waals surface area contributed by atoms with Crippen molar-refractivity contribution in [1.82, 2.24) is 9.97 Å². The van der Waals surface area contributed by atoms with Crippen LogP contribution in [0.2, 0.25) is 0 Å². The standard InChI is InChI=1S/C23H34N6O/c1-15-10-11-16(21(24)30)12-18(15)26-22-27-19(25-17-8-6-7-9-17)13-20(28-22)29(5)14-23(2,3)4/h10-13,17H,6-9,14H2,1-5H3,(H2,24,30)(H2,25,26,27,28). The van der Waals surface area contributed by atoms with Crippen molar-refractivity contribution in [1.29, 1.82) is 0 Å². The minimum Gasteiger partial charge on any atom is -0.367 e. The zero-order valence-corrected chi connectivity index (χ0v) is 18.7. The maximum Gasteiger partial charge on any atom is 0.248 e. The molecule has 7 nitrogen and oxygen atoms in total. The number of benzene rings is 1. The van der Waals surface area contributed by atoms with Crippen molar-refractivity contribution in [3.05, 3.63) is 35.4 Å². The average molecular weight is 411 g/mol. The zero-order valence-electron chi connectivity index (χ0n) is 18.7. The molecule has 1 amide bonds. The minimum atomic E-state index is -0.457. The Morgan fingerprint density at radius 3 is 2.53 bits per heavy atom. The van der Waals surface area contributed by atoms with Crippen molar-refractivity contribution in [3.63, 3.8) is 0 Å². The Bertz CT molecular complexity index is 899. The quantitative estimate of drug-likeness (QED) is 0.623. The zero-order chi connectivity index (χ0) is 21.9. The van der Waals surface area contributed by atoms with Crippen LogP contribution >= 0.6 is 0 Å². The highest BCUT2D eigenvalue weighted by molar-refractivity contribution is 5.94. The molecule has 0 spiro atoms. The number of aromatic nitrogens is 2. The summed E-state index contributed by atoms with van der Waals surface area (Å²) in [6.07, 6.45) is 4.84. The van der Waals surface area contributed by atoms with Crippen LogP contribution in [0.5, 0.6) is 0 Å². The van der Waals surface area contributed by atoms with Gasteiger partial charge in [0.2, 0.25) is 11.9 Å². The average Bonchev–Trinajstić information content (AvgIpc) is 3.14. The van der Waals surface area contributed by atoms with Gasteiger partial charge in [0.1, 0.15) is 11.6 Å². The van der Waals surface area contributed by atoms with Gasteiger partial charge >= 0.3 is 0 Å². The number of carbonyl (C=O) groups excluding carboxylic acids is 1. The van der Waals surface area contributed by atoms with E-state index in [0.29, 0.717) is 17.6 Å². The molecule has 0 radical (unpaired) electrons. The monoisotopic (exact) mass is 410 g/mol. The van der Waals surface area contributed by atoms with Gasteiger partial charge in [0, 0.05) is 37.0 Å². The SMILES string of the molecule is Cc1ccc(C(N)=O)cc1Nc1nc(NC2CCCC2)cc(N(C)CC(C)(C)C)n1. The largest absolute Gasteiger partial charge is 0.367 e. The van der Waals surface area contributed by atoms with E-state index in [0.717, 1.165) is 29.4 Å². The summed E-state index contributed by atoms with van der Waals surface area (Å²) in [6.45, 7) is 9.46. The van der Waals surface area contributed by atoms with Gasteiger partial charge in [-0.1, -0.05) is 39.7 Å². The third-order valence-corrected chi connectivity index (χ3v) is 5.29. The minimum absolute atomic E-state index is 0.138. The van der Waals surface area contributed by atoms with Crippen molar-refractivity contribution in [2.24, 2.45) is 11.1 Å². The van der Waals surface area contributed by atoms with Gasteiger partial charge in [0.05, 0.1) is 0 Å². The van der Waals surface area contributed by atoms with Crippen LogP contribution in [0.4, 0.5) is 23.3 Å². The summed E-state index contributed by atoms with van der Waals surface area (Å²) in [5, 5.41) is 6.87. The van der Waals surface area contributed by atoms with Crippen molar-refractivity contribution in [3.8, 4) is 0 Å². The van der Waals surface area contributed by atoms with Crippen LogP contribution in [0.3, 0.4) is 0 Å². The van der Waals surface area contributed by atoms with E-state index >= 15 is 0 Å². The number of anilines is 4. The molecule has 2 aromatic rings. The number of primary amides is 1. The van der Waals surface area contributed by atoms with Gasteiger partial charge in [-0.25, -0.2) is 0 Å². The van der Waals surface area contributed by atoms with Crippen molar-refractivity contribution < 1.29 is 4.79 Å². The first-order valence-corrected chi connectivity index (χ1v) is 10.6. The maximum atomic E-state index is 11.6. The van der Waals surface area contributed by atoms with Crippen LogP contribution < -0.4 is 21.3 Å². The normalized spacial score (nSPS) is 14.6. The van der Waals surface area contributed by atoms with Crippen molar-refractivity contribution >= 4 is 29.2 Å². The summed E-state index contributed by atoms with van der Waals surface area (Å²) in [7, 11) is 2.05. The Morgan fingerprint density at radius 1 is 1.20 bits per heavy atom. The summed E-state index contributed by atoms with van der Waals surface area (Å²) >= 11 is 0. The first-order valence-electron chi connectivity index (χ1n) is 10.6. The second kappa shape index (κ2) is 8.90. The predicted octanol–water partition coefficient (Wildman–Crippen LogP) is 4.46. The maximum absolute atomic E-state index is 11.6. The van der Waals surface area contributed by atoms with Gasteiger partial charge in [-0.05, 0) is 42.9 Å². The van der Waals surface area contributed by atoms with Gasteiger partial charge in [0.15, 0.2) is 0 Å². The fourth-order valence-corrected chi connectivity index (χ4v) is 3.86.